The zero-order chi connectivity index (χ0) is 18.6. The second-order valence-corrected chi connectivity index (χ2v) is 6.17. The number of methoxy groups -OCH3 is 1. The third-order valence-corrected chi connectivity index (χ3v) is 3.96. The molecule has 5 heteroatoms. The van der Waals surface area contributed by atoms with Gasteiger partial charge in [-0.1, -0.05) is 42.5 Å². The molecule has 0 aliphatic carbocycles. The first-order chi connectivity index (χ1) is 12.7. The molecule has 0 fully saturated rings. The van der Waals surface area contributed by atoms with Gasteiger partial charge in [0.05, 0.1) is 13.2 Å². The summed E-state index contributed by atoms with van der Waals surface area (Å²) in [6, 6.07) is 16.5. The van der Waals surface area contributed by atoms with E-state index in [1.807, 2.05) is 30.3 Å². The lowest BCUT2D eigenvalue weighted by atomic mass is 10.1. The number of aryl methyl sites for hydroxylation is 1. The third-order valence-electron chi connectivity index (χ3n) is 3.96. The summed E-state index contributed by atoms with van der Waals surface area (Å²) in [4.78, 5) is 4.44. The van der Waals surface area contributed by atoms with Gasteiger partial charge >= 0.3 is 0 Å². The average Bonchev–Trinajstić information content (AvgIpc) is 2.65. The summed E-state index contributed by atoms with van der Waals surface area (Å²) in [7, 11) is 1.69. The Morgan fingerprint density at radius 2 is 1.92 bits per heavy atom. The topological polar surface area (TPSA) is 68.9 Å². The summed E-state index contributed by atoms with van der Waals surface area (Å²) in [5, 5.41) is 3.16. The highest BCUT2D eigenvalue weighted by Gasteiger charge is 2.04. The Kier molecular flexibility index (Phi) is 8.49. The van der Waals surface area contributed by atoms with Crippen LogP contribution in [0.25, 0.3) is 0 Å². The maximum absolute atomic E-state index is 5.99. The van der Waals surface area contributed by atoms with Gasteiger partial charge in [-0.2, -0.15) is 0 Å². The quantitative estimate of drug-likeness (QED) is 0.390. The molecule has 140 valence electrons. The summed E-state index contributed by atoms with van der Waals surface area (Å²) in [5.41, 5.74) is 9.45. The molecule has 2 rings (SSSR count). The van der Waals surface area contributed by atoms with Gasteiger partial charge in [-0.3, -0.25) is 0 Å². The Morgan fingerprint density at radius 3 is 2.69 bits per heavy atom. The molecule has 0 bridgehead atoms. The van der Waals surface area contributed by atoms with Crippen LogP contribution in [0.1, 0.15) is 23.1 Å². The van der Waals surface area contributed by atoms with E-state index in [1.54, 1.807) is 7.11 Å². The van der Waals surface area contributed by atoms with Crippen LogP contribution >= 0.6 is 0 Å². The molecule has 5 nitrogen and oxygen atoms in total. The molecule has 0 saturated heterocycles. The molecular weight excluding hydrogens is 326 g/mol. The predicted octanol–water partition coefficient (Wildman–Crippen LogP) is 3.06. The van der Waals surface area contributed by atoms with E-state index in [0.717, 1.165) is 36.3 Å². The Morgan fingerprint density at radius 1 is 1.12 bits per heavy atom. The van der Waals surface area contributed by atoms with E-state index >= 15 is 0 Å². The van der Waals surface area contributed by atoms with Gasteiger partial charge in [-0.15, -0.1) is 0 Å². The highest BCUT2D eigenvalue weighted by atomic mass is 16.5. The molecule has 0 amide bonds. The lowest BCUT2D eigenvalue weighted by Crippen LogP contribution is -2.33. The summed E-state index contributed by atoms with van der Waals surface area (Å²) >= 11 is 0. The number of aliphatic imine (C=N–C) groups is 1. The number of hydrogen-bond acceptors (Lipinski definition) is 3. The minimum absolute atomic E-state index is 0.451. The number of nitrogens with two attached hydrogens (primary N) is 1. The van der Waals surface area contributed by atoms with Gasteiger partial charge in [0.25, 0.3) is 0 Å². The van der Waals surface area contributed by atoms with Gasteiger partial charge in [0.1, 0.15) is 5.75 Å². The van der Waals surface area contributed by atoms with Crippen molar-refractivity contribution in [1.29, 1.82) is 0 Å². The van der Waals surface area contributed by atoms with Crippen LogP contribution in [0.3, 0.4) is 0 Å². The molecule has 0 aliphatic rings. The predicted molar refractivity (Wildman–Crippen MR) is 107 cm³/mol. The van der Waals surface area contributed by atoms with Crippen LogP contribution in [0, 0.1) is 6.92 Å². The van der Waals surface area contributed by atoms with Crippen LogP contribution in [-0.4, -0.2) is 32.8 Å². The SMILES string of the molecule is COCCCOc1cc(C)ccc1CN=C(N)NCCc1ccccc1. The monoisotopic (exact) mass is 355 g/mol. The maximum atomic E-state index is 5.99. The van der Waals surface area contributed by atoms with Crippen molar-refractivity contribution < 1.29 is 9.47 Å². The summed E-state index contributed by atoms with van der Waals surface area (Å²) in [6.07, 6.45) is 1.77. The number of guanidine groups is 1. The number of benzene rings is 2. The molecule has 26 heavy (non-hydrogen) atoms. The molecule has 0 heterocycles. The molecule has 2 aromatic rings. The third kappa shape index (κ3) is 7.15. The lowest BCUT2D eigenvalue weighted by molar-refractivity contribution is 0.172. The van der Waals surface area contributed by atoms with Crippen molar-refractivity contribution in [1.82, 2.24) is 5.32 Å². The molecule has 0 unspecified atom stereocenters. The maximum Gasteiger partial charge on any atom is 0.188 e. The fourth-order valence-corrected chi connectivity index (χ4v) is 2.52. The Labute approximate surface area is 156 Å². The minimum atomic E-state index is 0.451. The van der Waals surface area contributed by atoms with Crippen molar-refractivity contribution in [3.05, 3.63) is 65.2 Å². The Bertz CT molecular complexity index is 687. The fourth-order valence-electron chi connectivity index (χ4n) is 2.52. The van der Waals surface area contributed by atoms with E-state index in [2.05, 4.69) is 35.4 Å². The van der Waals surface area contributed by atoms with Gasteiger partial charge in [-0.05, 0) is 30.5 Å². The van der Waals surface area contributed by atoms with E-state index in [-0.39, 0.29) is 0 Å². The van der Waals surface area contributed by atoms with E-state index in [9.17, 15) is 0 Å². The molecule has 0 aromatic heterocycles. The molecule has 0 aliphatic heterocycles. The van der Waals surface area contributed by atoms with Crippen LogP contribution in [0.15, 0.2) is 53.5 Å². The number of nitrogens with zero attached hydrogens (tertiary/aromatic N) is 1. The second kappa shape index (κ2) is 11.2. The summed E-state index contributed by atoms with van der Waals surface area (Å²) in [6.45, 7) is 4.61. The fraction of sp³-hybridized carbons (Fsp3) is 0.381. The number of ether oxygens (including phenoxy) is 2. The highest BCUT2D eigenvalue weighted by molar-refractivity contribution is 5.77. The lowest BCUT2D eigenvalue weighted by Gasteiger charge is -2.12. The number of rotatable bonds is 10. The standard InChI is InChI=1S/C21H29N3O2/c1-17-9-10-19(20(15-17)26-14-6-13-25-2)16-24-21(22)23-12-11-18-7-4-3-5-8-18/h3-5,7-10,15H,6,11-14,16H2,1-2H3,(H3,22,23,24). The zero-order valence-electron chi connectivity index (χ0n) is 15.7. The van der Waals surface area contributed by atoms with Gasteiger partial charge in [0.2, 0.25) is 0 Å². The molecule has 2 aromatic carbocycles. The van der Waals surface area contributed by atoms with Crippen molar-refractivity contribution in [3.8, 4) is 5.75 Å². The highest BCUT2D eigenvalue weighted by Crippen LogP contribution is 2.21. The summed E-state index contributed by atoms with van der Waals surface area (Å²) in [5.74, 6) is 1.31. The van der Waals surface area contributed by atoms with Gasteiger partial charge < -0.3 is 20.5 Å². The van der Waals surface area contributed by atoms with Crippen LogP contribution in [-0.2, 0) is 17.7 Å². The zero-order valence-corrected chi connectivity index (χ0v) is 15.7. The van der Waals surface area contributed by atoms with E-state index < -0.39 is 0 Å². The first-order valence-corrected chi connectivity index (χ1v) is 8.98. The molecule has 0 atom stereocenters. The van der Waals surface area contributed by atoms with Gasteiger partial charge in [-0.25, -0.2) is 4.99 Å². The Hall–Kier alpha value is -2.53. The smallest absolute Gasteiger partial charge is 0.188 e. The van der Waals surface area contributed by atoms with E-state index in [0.29, 0.717) is 25.7 Å². The van der Waals surface area contributed by atoms with Crippen LogP contribution in [0.5, 0.6) is 5.75 Å². The van der Waals surface area contributed by atoms with Crippen LogP contribution in [0.2, 0.25) is 0 Å². The van der Waals surface area contributed by atoms with Crippen molar-refractivity contribution in [2.24, 2.45) is 10.7 Å². The largest absolute Gasteiger partial charge is 0.493 e. The molecule has 0 spiro atoms. The van der Waals surface area contributed by atoms with Crippen molar-refractivity contribution in [2.45, 2.75) is 26.3 Å². The van der Waals surface area contributed by atoms with Gasteiger partial charge in [0.15, 0.2) is 5.96 Å². The van der Waals surface area contributed by atoms with Crippen LogP contribution < -0.4 is 15.8 Å². The second-order valence-electron chi connectivity index (χ2n) is 6.17. The van der Waals surface area contributed by atoms with Gasteiger partial charge in [0, 0.05) is 32.2 Å². The first kappa shape index (κ1) is 19.8. The summed E-state index contributed by atoms with van der Waals surface area (Å²) < 4.78 is 10.9. The average molecular weight is 355 g/mol. The normalized spacial score (nSPS) is 11.4. The molecule has 0 saturated carbocycles. The first-order valence-electron chi connectivity index (χ1n) is 8.98. The molecule has 3 N–H and O–H groups in total. The van der Waals surface area contributed by atoms with E-state index in [4.69, 9.17) is 15.2 Å². The van der Waals surface area contributed by atoms with E-state index in [1.165, 1.54) is 5.56 Å². The van der Waals surface area contributed by atoms with Crippen molar-refractivity contribution in [3.63, 3.8) is 0 Å². The minimum Gasteiger partial charge on any atom is -0.493 e. The van der Waals surface area contributed by atoms with Crippen molar-refractivity contribution >= 4 is 5.96 Å². The van der Waals surface area contributed by atoms with Crippen molar-refractivity contribution in [2.75, 3.05) is 26.9 Å². The van der Waals surface area contributed by atoms with Crippen LogP contribution in [0.4, 0.5) is 0 Å². The Balaban J connectivity index is 1.85. The number of hydrogen-bond donors (Lipinski definition) is 2. The number of nitrogens with one attached hydrogen (secondary N) is 1. The molecular formula is C21H29N3O2. The molecule has 0 radical (unpaired) electrons.